The van der Waals surface area contributed by atoms with E-state index in [-0.39, 0.29) is 12.1 Å². The molecule has 7 nitrogen and oxygen atoms in total. The smallest absolute Gasteiger partial charge is 0.321 e. The Hall–Kier alpha value is -3.22. The predicted octanol–water partition coefficient (Wildman–Crippen LogP) is 2.98. The molecular formula is C23H29N5O2. The zero-order chi connectivity index (χ0) is 20.8. The highest BCUT2D eigenvalue weighted by Crippen LogP contribution is 2.27. The monoisotopic (exact) mass is 407 g/mol. The molecule has 1 saturated heterocycles. The van der Waals surface area contributed by atoms with Crippen LogP contribution >= 0.6 is 0 Å². The Morgan fingerprint density at radius 1 is 1.13 bits per heavy atom. The van der Waals surface area contributed by atoms with Gasteiger partial charge in [-0.2, -0.15) is 0 Å². The fourth-order valence-electron chi connectivity index (χ4n) is 3.87. The van der Waals surface area contributed by atoms with Crippen LogP contribution in [0.1, 0.15) is 24.0 Å². The Bertz CT molecular complexity index is 883. The first kappa shape index (κ1) is 20.1. The van der Waals surface area contributed by atoms with Gasteiger partial charge < -0.3 is 25.6 Å². The molecule has 0 saturated carbocycles. The number of likely N-dealkylation sites (tertiary alicyclic amines) is 1. The minimum absolute atomic E-state index is 0.0207. The second kappa shape index (κ2) is 9.52. The number of benzene rings is 2. The molecule has 2 aliphatic heterocycles. The lowest BCUT2D eigenvalue weighted by Gasteiger charge is -2.17. The molecule has 2 aliphatic rings. The van der Waals surface area contributed by atoms with Crippen molar-refractivity contribution < 1.29 is 9.53 Å². The van der Waals surface area contributed by atoms with Crippen molar-refractivity contribution in [3.8, 4) is 5.75 Å². The first-order valence-corrected chi connectivity index (χ1v) is 10.6. The summed E-state index contributed by atoms with van der Waals surface area (Å²) in [6, 6.07) is 16.0. The largest absolute Gasteiger partial charge is 0.488 e. The Morgan fingerprint density at radius 2 is 1.97 bits per heavy atom. The number of guanidine groups is 1. The van der Waals surface area contributed by atoms with Gasteiger partial charge in [0.15, 0.2) is 5.96 Å². The summed E-state index contributed by atoms with van der Waals surface area (Å²) in [5, 5.41) is 9.66. The number of ether oxygens (including phenoxy) is 1. The molecule has 2 aromatic carbocycles. The fraction of sp³-hybridized carbons (Fsp3) is 0.391. The number of carbonyl (C=O) groups is 1. The molecule has 0 aromatic heterocycles. The SMILES string of the molecule is CN=C(NCc1cccc(NC(=O)N2CCCC2)c1)NCC1Cc2ccccc2O1. The van der Waals surface area contributed by atoms with E-state index >= 15 is 0 Å². The zero-order valence-corrected chi connectivity index (χ0v) is 17.4. The standard InChI is InChI=1S/C23H29N5O2/c1-24-22(26-16-20-14-18-8-2-3-10-21(18)30-20)25-15-17-7-6-9-19(13-17)27-23(29)28-11-4-5-12-28/h2-3,6-10,13,20H,4-5,11-12,14-16H2,1H3,(H,27,29)(H2,24,25,26). The van der Waals surface area contributed by atoms with E-state index in [2.05, 4.69) is 27.0 Å². The molecule has 2 aromatic rings. The van der Waals surface area contributed by atoms with Crippen LogP contribution in [0.2, 0.25) is 0 Å². The highest BCUT2D eigenvalue weighted by Gasteiger charge is 2.22. The van der Waals surface area contributed by atoms with E-state index in [1.165, 1.54) is 5.56 Å². The van der Waals surface area contributed by atoms with Crippen molar-refractivity contribution in [2.24, 2.45) is 4.99 Å². The number of urea groups is 1. The third kappa shape index (κ3) is 5.03. The highest BCUT2D eigenvalue weighted by molar-refractivity contribution is 5.89. The summed E-state index contributed by atoms with van der Waals surface area (Å²) < 4.78 is 5.97. The van der Waals surface area contributed by atoms with Gasteiger partial charge in [0.05, 0.1) is 6.54 Å². The Morgan fingerprint density at radius 3 is 2.77 bits per heavy atom. The third-order valence-corrected chi connectivity index (χ3v) is 5.47. The summed E-state index contributed by atoms with van der Waals surface area (Å²) >= 11 is 0. The highest BCUT2D eigenvalue weighted by atomic mass is 16.5. The molecule has 7 heteroatoms. The van der Waals surface area contributed by atoms with Crippen molar-refractivity contribution in [1.29, 1.82) is 0 Å². The van der Waals surface area contributed by atoms with Crippen molar-refractivity contribution in [3.63, 3.8) is 0 Å². The van der Waals surface area contributed by atoms with E-state index in [0.29, 0.717) is 13.1 Å². The van der Waals surface area contributed by atoms with Crippen LogP contribution in [0, 0.1) is 0 Å². The lowest BCUT2D eigenvalue weighted by molar-refractivity contribution is 0.222. The molecule has 0 bridgehead atoms. The van der Waals surface area contributed by atoms with Crippen molar-refractivity contribution in [3.05, 3.63) is 59.7 Å². The molecule has 2 heterocycles. The molecule has 0 radical (unpaired) electrons. The van der Waals surface area contributed by atoms with Crippen LogP contribution in [0.5, 0.6) is 5.75 Å². The van der Waals surface area contributed by atoms with Crippen LogP contribution < -0.4 is 20.7 Å². The number of amides is 2. The van der Waals surface area contributed by atoms with E-state index in [9.17, 15) is 4.79 Å². The van der Waals surface area contributed by atoms with Crippen molar-refractivity contribution in [2.45, 2.75) is 31.9 Å². The molecule has 3 N–H and O–H groups in total. The minimum atomic E-state index is -0.0207. The van der Waals surface area contributed by atoms with Crippen LogP contribution in [0.15, 0.2) is 53.5 Å². The number of aliphatic imine (C=N–C) groups is 1. The first-order valence-electron chi connectivity index (χ1n) is 10.6. The van der Waals surface area contributed by atoms with E-state index in [4.69, 9.17) is 4.74 Å². The quantitative estimate of drug-likeness (QED) is 0.526. The number of rotatable bonds is 5. The number of carbonyl (C=O) groups excluding carboxylic acids is 1. The third-order valence-electron chi connectivity index (χ3n) is 5.47. The normalized spacial score (nSPS) is 18.0. The van der Waals surface area contributed by atoms with Gasteiger partial charge >= 0.3 is 6.03 Å². The van der Waals surface area contributed by atoms with E-state index in [1.807, 2.05) is 47.4 Å². The molecule has 4 rings (SSSR count). The van der Waals surface area contributed by atoms with E-state index < -0.39 is 0 Å². The second-order valence-corrected chi connectivity index (χ2v) is 7.68. The molecule has 158 valence electrons. The molecule has 0 aliphatic carbocycles. The van der Waals surface area contributed by atoms with Gasteiger partial charge in [-0.25, -0.2) is 4.79 Å². The molecule has 30 heavy (non-hydrogen) atoms. The Kier molecular flexibility index (Phi) is 6.37. The van der Waals surface area contributed by atoms with Crippen LogP contribution in [0.4, 0.5) is 10.5 Å². The minimum Gasteiger partial charge on any atom is -0.488 e. The van der Waals surface area contributed by atoms with Gasteiger partial charge in [-0.3, -0.25) is 4.99 Å². The second-order valence-electron chi connectivity index (χ2n) is 7.68. The van der Waals surface area contributed by atoms with Crippen molar-refractivity contribution in [1.82, 2.24) is 15.5 Å². The van der Waals surface area contributed by atoms with Gasteiger partial charge in [-0.05, 0) is 42.2 Å². The van der Waals surface area contributed by atoms with Crippen LogP contribution in [-0.2, 0) is 13.0 Å². The Balaban J connectivity index is 1.24. The summed E-state index contributed by atoms with van der Waals surface area (Å²) in [6.07, 6.45) is 3.17. The molecule has 2 amide bonds. The summed E-state index contributed by atoms with van der Waals surface area (Å²) in [7, 11) is 1.76. The first-order chi connectivity index (χ1) is 14.7. The topological polar surface area (TPSA) is 78.0 Å². The molecule has 1 fully saturated rings. The van der Waals surface area contributed by atoms with Crippen LogP contribution in [-0.4, -0.2) is 49.7 Å². The number of anilines is 1. The van der Waals surface area contributed by atoms with Crippen molar-refractivity contribution >= 4 is 17.7 Å². The van der Waals surface area contributed by atoms with E-state index in [0.717, 1.165) is 55.3 Å². The van der Waals surface area contributed by atoms with Gasteiger partial charge in [-0.1, -0.05) is 30.3 Å². The average Bonchev–Trinajstić information content (AvgIpc) is 3.44. The number of hydrogen-bond acceptors (Lipinski definition) is 3. The summed E-state index contributed by atoms with van der Waals surface area (Å²) in [5.74, 6) is 1.70. The molecular weight excluding hydrogens is 378 g/mol. The number of hydrogen-bond donors (Lipinski definition) is 3. The lowest BCUT2D eigenvalue weighted by Crippen LogP contribution is -2.41. The number of nitrogens with zero attached hydrogens (tertiary/aromatic N) is 2. The van der Waals surface area contributed by atoms with Crippen LogP contribution in [0.25, 0.3) is 0 Å². The zero-order valence-electron chi connectivity index (χ0n) is 17.4. The molecule has 1 atom stereocenters. The van der Waals surface area contributed by atoms with Crippen molar-refractivity contribution in [2.75, 3.05) is 32.0 Å². The predicted molar refractivity (Wildman–Crippen MR) is 119 cm³/mol. The van der Waals surface area contributed by atoms with Gasteiger partial charge in [0.1, 0.15) is 11.9 Å². The van der Waals surface area contributed by atoms with Crippen LogP contribution in [0.3, 0.4) is 0 Å². The molecule has 0 spiro atoms. The summed E-state index contributed by atoms with van der Waals surface area (Å²) in [6.45, 7) is 2.97. The number of nitrogens with one attached hydrogen (secondary N) is 3. The molecule has 1 unspecified atom stereocenters. The number of fused-ring (bicyclic) bond motifs is 1. The fourth-order valence-corrected chi connectivity index (χ4v) is 3.87. The van der Waals surface area contributed by atoms with Gasteiger partial charge in [0.2, 0.25) is 0 Å². The summed E-state index contributed by atoms with van der Waals surface area (Å²) in [4.78, 5) is 18.4. The average molecular weight is 408 g/mol. The maximum absolute atomic E-state index is 12.3. The van der Waals surface area contributed by atoms with Gasteiger partial charge in [0, 0.05) is 38.8 Å². The maximum atomic E-state index is 12.3. The lowest BCUT2D eigenvalue weighted by atomic mass is 10.1. The summed E-state index contributed by atoms with van der Waals surface area (Å²) in [5.41, 5.74) is 3.13. The van der Waals surface area contributed by atoms with E-state index in [1.54, 1.807) is 7.05 Å². The number of para-hydroxylation sites is 1. The maximum Gasteiger partial charge on any atom is 0.321 e. The van der Waals surface area contributed by atoms with Gasteiger partial charge in [0.25, 0.3) is 0 Å². The Labute approximate surface area is 177 Å². The van der Waals surface area contributed by atoms with Gasteiger partial charge in [-0.15, -0.1) is 0 Å².